The molecule has 0 aliphatic rings. The normalized spacial score (nSPS) is 11.4. The monoisotopic (exact) mass is 304 g/mol. The second-order valence-electron chi connectivity index (χ2n) is 5.46. The number of nitrogens with zero attached hydrogens (tertiary/aromatic N) is 1. The molecular formula is C17H28N4O. The number of anilines is 1. The Bertz CT molecular complexity index is 480. The molecule has 5 heteroatoms. The van der Waals surface area contributed by atoms with Gasteiger partial charge in [0.1, 0.15) is 0 Å². The molecular weight excluding hydrogens is 276 g/mol. The SMILES string of the molecule is CCCNC(=NCc1ccc(NC(=O)C(C)C)cc1)NCC. The summed E-state index contributed by atoms with van der Waals surface area (Å²) in [6.45, 7) is 10.3. The Hall–Kier alpha value is -2.04. The Labute approximate surface area is 133 Å². The summed E-state index contributed by atoms with van der Waals surface area (Å²) in [4.78, 5) is 16.2. The Balaban J connectivity index is 2.60. The quantitative estimate of drug-likeness (QED) is 0.536. The van der Waals surface area contributed by atoms with Crippen molar-refractivity contribution in [1.82, 2.24) is 10.6 Å². The first-order valence-electron chi connectivity index (χ1n) is 7.98. The van der Waals surface area contributed by atoms with Gasteiger partial charge >= 0.3 is 0 Å². The Morgan fingerprint density at radius 2 is 1.82 bits per heavy atom. The summed E-state index contributed by atoms with van der Waals surface area (Å²) >= 11 is 0. The molecule has 1 aromatic rings. The summed E-state index contributed by atoms with van der Waals surface area (Å²) < 4.78 is 0. The van der Waals surface area contributed by atoms with Gasteiger partial charge < -0.3 is 16.0 Å². The standard InChI is InChI=1S/C17H28N4O/c1-5-11-19-17(18-6-2)20-12-14-7-9-15(10-8-14)21-16(22)13(3)4/h7-10,13H,5-6,11-12H2,1-4H3,(H,21,22)(H2,18,19,20). The lowest BCUT2D eigenvalue weighted by molar-refractivity contribution is -0.118. The van der Waals surface area contributed by atoms with E-state index in [1.54, 1.807) is 0 Å². The average Bonchev–Trinajstić information content (AvgIpc) is 2.51. The van der Waals surface area contributed by atoms with E-state index in [9.17, 15) is 4.79 Å². The van der Waals surface area contributed by atoms with Crippen molar-refractivity contribution in [3.63, 3.8) is 0 Å². The second kappa shape index (κ2) is 9.82. The lowest BCUT2D eigenvalue weighted by Crippen LogP contribution is -2.37. The fourth-order valence-corrected chi connectivity index (χ4v) is 1.74. The first-order chi connectivity index (χ1) is 10.6. The van der Waals surface area contributed by atoms with Crippen LogP contribution >= 0.6 is 0 Å². The van der Waals surface area contributed by atoms with Gasteiger partial charge in [0, 0.05) is 24.7 Å². The molecule has 0 unspecified atom stereocenters. The highest BCUT2D eigenvalue weighted by Gasteiger charge is 2.06. The van der Waals surface area contributed by atoms with E-state index in [4.69, 9.17) is 0 Å². The van der Waals surface area contributed by atoms with Gasteiger partial charge in [-0.1, -0.05) is 32.9 Å². The first kappa shape index (κ1) is 18.0. The lowest BCUT2D eigenvalue weighted by atomic mass is 10.2. The fraction of sp³-hybridized carbons (Fsp3) is 0.529. The molecule has 0 fully saturated rings. The van der Waals surface area contributed by atoms with Crippen LogP contribution in [0.15, 0.2) is 29.3 Å². The van der Waals surface area contributed by atoms with Crippen molar-refractivity contribution in [2.75, 3.05) is 18.4 Å². The van der Waals surface area contributed by atoms with Crippen molar-refractivity contribution in [1.29, 1.82) is 0 Å². The molecule has 1 rings (SSSR count). The second-order valence-corrected chi connectivity index (χ2v) is 5.46. The van der Waals surface area contributed by atoms with E-state index in [2.05, 4.69) is 34.8 Å². The predicted molar refractivity (Wildman–Crippen MR) is 93.0 cm³/mol. The molecule has 0 aliphatic carbocycles. The van der Waals surface area contributed by atoms with Crippen molar-refractivity contribution in [3.05, 3.63) is 29.8 Å². The van der Waals surface area contributed by atoms with Crippen molar-refractivity contribution in [2.24, 2.45) is 10.9 Å². The van der Waals surface area contributed by atoms with Crippen LogP contribution in [-0.4, -0.2) is 25.0 Å². The number of nitrogens with one attached hydrogen (secondary N) is 3. The molecule has 122 valence electrons. The number of aliphatic imine (C=N–C) groups is 1. The summed E-state index contributed by atoms with van der Waals surface area (Å²) in [5.74, 6) is 0.849. The van der Waals surface area contributed by atoms with Gasteiger partial charge in [0.05, 0.1) is 6.54 Å². The minimum atomic E-state index is -0.0170. The maximum absolute atomic E-state index is 11.6. The maximum Gasteiger partial charge on any atom is 0.226 e. The summed E-state index contributed by atoms with van der Waals surface area (Å²) in [6.07, 6.45) is 1.06. The highest BCUT2D eigenvalue weighted by atomic mass is 16.1. The van der Waals surface area contributed by atoms with Crippen molar-refractivity contribution in [3.8, 4) is 0 Å². The zero-order valence-electron chi connectivity index (χ0n) is 14.1. The Morgan fingerprint density at radius 1 is 1.14 bits per heavy atom. The van der Waals surface area contributed by atoms with Gasteiger partial charge in [-0.15, -0.1) is 0 Å². The number of carbonyl (C=O) groups excluding carboxylic acids is 1. The van der Waals surface area contributed by atoms with Crippen LogP contribution in [-0.2, 0) is 11.3 Å². The molecule has 5 nitrogen and oxygen atoms in total. The molecule has 3 N–H and O–H groups in total. The van der Waals surface area contributed by atoms with Crippen LogP contribution in [0.1, 0.15) is 39.7 Å². The summed E-state index contributed by atoms with van der Waals surface area (Å²) in [6, 6.07) is 7.81. The molecule has 22 heavy (non-hydrogen) atoms. The third-order valence-corrected chi connectivity index (χ3v) is 3.05. The summed E-state index contributed by atoms with van der Waals surface area (Å²) in [7, 11) is 0. The van der Waals surface area contributed by atoms with E-state index in [0.717, 1.165) is 36.7 Å². The maximum atomic E-state index is 11.6. The largest absolute Gasteiger partial charge is 0.357 e. The van der Waals surface area contributed by atoms with Gasteiger partial charge in [-0.05, 0) is 31.0 Å². The molecule has 0 heterocycles. The molecule has 0 bridgehead atoms. The van der Waals surface area contributed by atoms with E-state index >= 15 is 0 Å². The van der Waals surface area contributed by atoms with Gasteiger partial charge in [-0.2, -0.15) is 0 Å². The molecule has 0 aromatic heterocycles. The number of amides is 1. The third kappa shape index (κ3) is 6.61. The molecule has 0 spiro atoms. The minimum Gasteiger partial charge on any atom is -0.357 e. The van der Waals surface area contributed by atoms with E-state index in [1.165, 1.54) is 0 Å². The van der Waals surface area contributed by atoms with Crippen LogP contribution in [0.3, 0.4) is 0 Å². The molecule has 0 atom stereocenters. The number of hydrogen-bond donors (Lipinski definition) is 3. The number of guanidine groups is 1. The van der Waals surface area contributed by atoms with Crippen LogP contribution in [0.2, 0.25) is 0 Å². The average molecular weight is 304 g/mol. The van der Waals surface area contributed by atoms with Crippen molar-refractivity contribution >= 4 is 17.6 Å². The molecule has 0 aliphatic heterocycles. The third-order valence-electron chi connectivity index (χ3n) is 3.05. The van der Waals surface area contributed by atoms with Gasteiger partial charge in [-0.25, -0.2) is 4.99 Å². The minimum absolute atomic E-state index is 0.0170. The topological polar surface area (TPSA) is 65.5 Å². The van der Waals surface area contributed by atoms with Gasteiger partial charge in [0.2, 0.25) is 5.91 Å². The first-order valence-corrected chi connectivity index (χ1v) is 7.98. The zero-order chi connectivity index (χ0) is 16.4. The number of carbonyl (C=O) groups is 1. The van der Waals surface area contributed by atoms with Crippen LogP contribution in [0.5, 0.6) is 0 Å². The Morgan fingerprint density at radius 3 is 2.36 bits per heavy atom. The van der Waals surface area contributed by atoms with E-state index in [-0.39, 0.29) is 11.8 Å². The predicted octanol–water partition coefficient (Wildman–Crippen LogP) is 2.75. The molecule has 0 saturated heterocycles. The smallest absolute Gasteiger partial charge is 0.226 e. The zero-order valence-corrected chi connectivity index (χ0v) is 14.1. The molecule has 0 saturated carbocycles. The number of rotatable bonds is 7. The highest BCUT2D eigenvalue weighted by Crippen LogP contribution is 2.11. The fourth-order valence-electron chi connectivity index (χ4n) is 1.74. The number of hydrogen-bond acceptors (Lipinski definition) is 2. The van der Waals surface area contributed by atoms with E-state index in [0.29, 0.717) is 6.54 Å². The number of benzene rings is 1. The Kier molecular flexibility index (Phi) is 8.04. The van der Waals surface area contributed by atoms with E-state index < -0.39 is 0 Å². The molecule has 0 radical (unpaired) electrons. The van der Waals surface area contributed by atoms with Crippen LogP contribution in [0, 0.1) is 5.92 Å². The van der Waals surface area contributed by atoms with Gasteiger partial charge in [0.25, 0.3) is 0 Å². The summed E-state index contributed by atoms with van der Waals surface area (Å²) in [5.41, 5.74) is 1.93. The van der Waals surface area contributed by atoms with Crippen LogP contribution in [0.25, 0.3) is 0 Å². The van der Waals surface area contributed by atoms with Crippen molar-refractivity contribution < 1.29 is 4.79 Å². The van der Waals surface area contributed by atoms with Crippen LogP contribution in [0.4, 0.5) is 5.69 Å². The van der Waals surface area contributed by atoms with Gasteiger partial charge in [-0.3, -0.25) is 4.79 Å². The molecule has 1 aromatic carbocycles. The lowest BCUT2D eigenvalue weighted by Gasteiger charge is -2.10. The highest BCUT2D eigenvalue weighted by molar-refractivity contribution is 5.92. The van der Waals surface area contributed by atoms with Crippen molar-refractivity contribution in [2.45, 2.75) is 40.7 Å². The van der Waals surface area contributed by atoms with Crippen LogP contribution < -0.4 is 16.0 Å². The van der Waals surface area contributed by atoms with E-state index in [1.807, 2.05) is 38.1 Å². The molecule has 1 amide bonds. The summed E-state index contributed by atoms with van der Waals surface area (Å²) in [5, 5.41) is 9.37. The van der Waals surface area contributed by atoms with Gasteiger partial charge in [0.15, 0.2) is 5.96 Å².